The smallest absolute Gasteiger partial charge is 0.231 e. The Morgan fingerprint density at radius 1 is 1.19 bits per heavy atom. The third-order valence-corrected chi connectivity index (χ3v) is 4.92. The fourth-order valence-corrected chi connectivity index (χ4v) is 3.61. The van der Waals surface area contributed by atoms with E-state index in [1.807, 2.05) is 47.7 Å². The van der Waals surface area contributed by atoms with Gasteiger partial charge in [-0.2, -0.15) is 0 Å². The Bertz CT molecular complexity index is 1250. The lowest BCUT2D eigenvalue weighted by atomic mass is 10.1. The number of carbonyl (C=O) groups excluding carboxylic acids is 1. The van der Waals surface area contributed by atoms with Crippen LogP contribution in [-0.4, -0.2) is 50.3 Å². The van der Waals surface area contributed by atoms with Gasteiger partial charge >= 0.3 is 0 Å². The van der Waals surface area contributed by atoms with Crippen LogP contribution < -0.4 is 11.1 Å². The minimum Gasteiger partial charge on any atom is -0.369 e. The van der Waals surface area contributed by atoms with E-state index in [1.54, 1.807) is 18.3 Å². The lowest BCUT2D eigenvalue weighted by molar-refractivity contribution is -0.118. The number of anilines is 1. The van der Waals surface area contributed by atoms with Crippen LogP contribution in [0.15, 0.2) is 54.9 Å². The van der Waals surface area contributed by atoms with Crippen LogP contribution in [0.2, 0.25) is 0 Å². The highest BCUT2D eigenvalue weighted by atomic mass is 19.1. The van der Waals surface area contributed by atoms with Crippen molar-refractivity contribution in [2.45, 2.75) is 13.5 Å². The molecule has 3 N–H and O–H groups in total. The van der Waals surface area contributed by atoms with Crippen molar-refractivity contribution < 1.29 is 9.18 Å². The molecule has 9 heteroatoms. The molecule has 0 bridgehead atoms. The molecule has 32 heavy (non-hydrogen) atoms. The van der Waals surface area contributed by atoms with Crippen molar-refractivity contribution in [3.8, 4) is 22.6 Å². The highest BCUT2D eigenvalue weighted by Gasteiger charge is 2.18. The van der Waals surface area contributed by atoms with Gasteiger partial charge in [-0.15, -0.1) is 0 Å². The Balaban J connectivity index is 1.84. The van der Waals surface area contributed by atoms with Crippen LogP contribution in [0.4, 0.5) is 10.3 Å². The standard InChI is InChI=1S/C23H24FN7O/c1-3-26-23-27-10-8-18(28-23)22-21(16-4-6-17(24)7-5-16)29-20-12-15(9-11-31(20)22)13-30(2)14-19(25)32/h4-12H,3,13-14H2,1-2H3,(H2,25,32)(H,26,27,28). The number of nitrogens with zero attached hydrogens (tertiary/aromatic N) is 5. The summed E-state index contributed by atoms with van der Waals surface area (Å²) in [4.78, 5) is 26.8. The number of benzene rings is 1. The SMILES string of the molecule is CCNc1nccc(-c2c(-c3ccc(F)cc3)nc3cc(CN(C)CC(N)=O)ccn23)n1. The van der Waals surface area contributed by atoms with Crippen molar-refractivity contribution in [3.63, 3.8) is 0 Å². The predicted octanol–water partition coefficient (Wildman–Crippen LogP) is 2.95. The third kappa shape index (κ3) is 4.57. The zero-order valence-corrected chi connectivity index (χ0v) is 17.9. The van der Waals surface area contributed by atoms with Gasteiger partial charge in [0, 0.05) is 31.0 Å². The van der Waals surface area contributed by atoms with Gasteiger partial charge in [0.15, 0.2) is 0 Å². The average Bonchev–Trinajstić information content (AvgIpc) is 3.13. The van der Waals surface area contributed by atoms with Crippen LogP contribution >= 0.6 is 0 Å². The molecule has 0 aliphatic rings. The number of carbonyl (C=O) groups is 1. The molecular formula is C23H24FN7O. The molecule has 0 spiro atoms. The number of imidazole rings is 1. The molecular weight excluding hydrogens is 409 g/mol. The van der Waals surface area contributed by atoms with E-state index in [1.165, 1.54) is 12.1 Å². The first kappa shape index (κ1) is 21.4. The summed E-state index contributed by atoms with van der Waals surface area (Å²) in [6.45, 7) is 3.39. The second-order valence-corrected chi connectivity index (χ2v) is 7.51. The molecule has 8 nitrogen and oxygen atoms in total. The zero-order chi connectivity index (χ0) is 22.7. The molecule has 1 amide bonds. The second kappa shape index (κ2) is 9.11. The van der Waals surface area contributed by atoms with Gasteiger partial charge < -0.3 is 11.1 Å². The van der Waals surface area contributed by atoms with Crippen LogP contribution in [0, 0.1) is 5.82 Å². The highest BCUT2D eigenvalue weighted by molar-refractivity contribution is 5.81. The van der Waals surface area contributed by atoms with Crippen molar-refractivity contribution in [3.05, 3.63) is 66.2 Å². The second-order valence-electron chi connectivity index (χ2n) is 7.51. The van der Waals surface area contributed by atoms with Gasteiger partial charge in [0.1, 0.15) is 11.5 Å². The van der Waals surface area contributed by atoms with E-state index in [9.17, 15) is 9.18 Å². The van der Waals surface area contributed by atoms with Crippen LogP contribution in [0.25, 0.3) is 28.3 Å². The Kier molecular flexibility index (Phi) is 6.09. The molecule has 0 aliphatic carbocycles. The lowest BCUT2D eigenvalue weighted by Crippen LogP contribution is -2.30. The fourth-order valence-electron chi connectivity index (χ4n) is 3.61. The lowest BCUT2D eigenvalue weighted by Gasteiger charge is -2.14. The maximum atomic E-state index is 13.5. The number of rotatable bonds is 8. The molecule has 0 saturated carbocycles. The van der Waals surface area contributed by atoms with E-state index in [-0.39, 0.29) is 18.3 Å². The van der Waals surface area contributed by atoms with E-state index < -0.39 is 0 Å². The molecule has 0 atom stereocenters. The number of hydrogen-bond donors (Lipinski definition) is 2. The summed E-state index contributed by atoms with van der Waals surface area (Å²) in [6, 6.07) is 12.0. The maximum Gasteiger partial charge on any atom is 0.231 e. The summed E-state index contributed by atoms with van der Waals surface area (Å²) in [5, 5.41) is 3.13. The number of nitrogens with one attached hydrogen (secondary N) is 1. The molecule has 0 fully saturated rings. The zero-order valence-electron chi connectivity index (χ0n) is 17.9. The average molecular weight is 433 g/mol. The van der Waals surface area contributed by atoms with E-state index >= 15 is 0 Å². The summed E-state index contributed by atoms with van der Waals surface area (Å²) >= 11 is 0. The number of halogens is 1. The number of aromatic nitrogens is 4. The van der Waals surface area contributed by atoms with Crippen LogP contribution in [0.3, 0.4) is 0 Å². The fraction of sp³-hybridized carbons (Fsp3) is 0.217. The number of nitrogens with two attached hydrogens (primary N) is 1. The normalized spacial score (nSPS) is 11.2. The monoisotopic (exact) mass is 433 g/mol. The molecule has 0 unspecified atom stereocenters. The first-order chi connectivity index (χ1) is 15.4. The molecule has 4 rings (SSSR count). The van der Waals surface area contributed by atoms with Gasteiger partial charge in [-0.1, -0.05) is 0 Å². The number of hydrogen-bond acceptors (Lipinski definition) is 6. The van der Waals surface area contributed by atoms with Gasteiger partial charge in [-0.05, 0) is 62.0 Å². The molecule has 164 valence electrons. The van der Waals surface area contributed by atoms with Gasteiger partial charge in [0.25, 0.3) is 0 Å². The summed E-state index contributed by atoms with van der Waals surface area (Å²) in [6.07, 6.45) is 3.62. The van der Waals surface area contributed by atoms with Crippen molar-refractivity contribution in [2.24, 2.45) is 5.73 Å². The van der Waals surface area contributed by atoms with Gasteiger partial charge in [0.2, 0.25) is 11.9 Å². The van der Waals surface area contributed by atoms with E-state index in [2.05, 4.69) is 15.3 Å². The van der Waals surface area contributed by atoms with E-state index in [4.69, 9.17) is 10.7 Å². The van der Waals surface area contributed by atoms with Gasteiger partial charge in [-0.3, -0.25) is 14.1 Å². The van der Waals surface area contributed by atoms with Crippen LogP contribution in [-0.2, 0) is 11.3 Å². The topological polar surface area (TPSA) is 101 Å². The molecule has 3 heterocycles. The summed E-state index contributed by atoms with van der Waals surface area (Å²) in [5.41, 5.74) is 9.94. The number of pyridine rings is 1. The number of likely N-dealkylation sites (N-methyl/N-ethyl adjacent to an activating group) is 1. The van der Waals surface area contributed by atoms with Crippen molar-refractivity contribution in [1.82, 2.24) is 24.3 Å². The largest absolute Gasteiger partial charge is 0.369 e. The minimum atomic E-state index is -0.379. The Morgan fingerprint density at radius 2 is 1.97 bits per heavy atom. The molecule has 0 radical (unpaired) electrons. The van der Waals surface area contributed by atoms with E-state index in [0.29, 0.717) is 36.1 Å². The summed E-state index contributed by atoms with van der Waals surface area (Å²) < 4.78 is 15.5. The van der Waals surface area contributed by atoms with Crippen LogP contribution in [0.1, 0.15) is 12.5 Å². The van der Waals surface area contributed by atoms with Gasteiger partial charge in [-0.25, -0.2) is 19.3 Å². The third-order valence-electron chi connectivity index (χ3n) is 4.92. The Labute approximate surface area is 184 Å². The first-order valence-electron chi connectivity index (χ1n) is 10.3. The number of fused-ring (bicyclic) bond motifs is 1. The van der Waals surface area contributed by atoms with Crippen molar-refractivity contribution in [1.29, 1.82) is 0 Å². The predicted molar refractivity (Wildman–Crippen MR) is 121 cm³/mol. The molecule has 4 aromatic rings. The Hall–Kier alpha value is -3.85. The quantitative estimate of drug-likeness (QED) is 0.443. The van der Waals surface area contributed by atoms with E-state index in [0.717, 1.165) is 16.8 Å². The molecule has 0 saturated heterocycles. The molecule has 3 aromatic heterocycles. The summed E-state index contributed by atoms with van der Waals surface area (Å²) in [7, 11) is 1.83. The van der Waals surface area contributed by atoms with Crippen molar-refractivity contribution >= 4 is 17.5 Å². The maximum absolute atomic E-state index is 13.5. The molecule has 0 aliphatic heterocycles. The summed E-state index contributed by atoms with van der Waals surface area (Å²) in [5.74, 6) is -0.166. The van der Waals surface area contributed by atoms with Crippen molar-refractivity contribution in [2.75, 3.05) is 25.5 Å². The first-order valence-corrected chi connectivity index (χ1v) is 10.3. The number of amides is 1. The highest BCUT2D eigenvalue weighted by Crippen LogP contribution is 2.32. The van der Waals surface area contributed by atoms with Crippen LogP contribution in [0.5, 0.6) is 0 Å². The Morgan fingerprint density at radius 3 is 2.69 bits per heavy atom. The minimum absolute atomic E-state index is 0.167. The molecule has 1 aromatic carbocycles. The number of primary amides is 1. The van der Waals surface area contributed by atoms with Gasteiger partial charge in [0.05, 0.1) is 23.6 Å².